The van der Waals surface area contributed by atoms with Crippen LogP contribution < -0.4 is 4.74 Å². The highest BCUT2D eigenvalue weighted by Gasteiger charge is 2.31. The molecule has 3 aromatic rings. The van der Waals surface area contributed by atoms with Gasteiger partial charge >= 0.3 is 5.97 Å². The molecule has 2 atom stereocenters. The number of carboxylic acids is 1. The molecule has 7 heteroatoms. The number of hydrogen-bond donors (Lipinski definition) is 1. The molecule has 1 N–H and O–H groups in total. The number of likely N-dealkylation sites (tertiary alicyclic amines) is 1. The highest BCUT2D eigenvalue weighted by atomic mass is 35.5. The molecule has 0 aliphatic carbocycles. The van der Waals surface area contributed by atoms with Gasteiger partial charge in [0.25, 0.3) is 5.91 Å². The molecule has 0 saturated carbocycles. The normalized spacial score (nSPS) is 17.4. The predicted octanol–water partition coefficient (Wildman–Crippen LogP) is 4.65. The van der Waals surface area contributed by atoms with Crippen molar-refractivity contribution >= 4 is 34.4 Å². The molecule has 6 nitrogen and oxygen atoms in total. The van der Waals surface area contributed by atoms with Crippen LogP contribution in [0.3, 0.4) is 0 Å². The van der Waals surface area contributed by atoms with Gasteiger partial charge in [0.2, 0.25) is 0 Å². The topological polar surface area (TPSA) is 79.7 Å². The summed E-state index contributed by atoms with van der Waals surface area (Å²) in [5, 5.41) is 10.8. The Balaban J connectivity index is 1.53. The van der Waals surface area contributed by atoms with Crippen molar-refractivity contribution in [2.24, 2.45) is 5.92 Å². The second kappa shape index (κ2) is 8.94. The number of piperidine rings is 1. The Bertz CT molecular complexity index is 1130. The van der Waals surface area contributed by atoms with E-state index in [0.717, 1.165) is 22.0 Å². The summed E-state index contributed by atoms with van der Waals surface area (Å²) < 4.78 is 5.90. The Hall–Kier alpha value is -3.12. The van der Waals surface area contributed by atoms with E-state index in [1.54, 1.807) is 24.1 Å². The van der Waals surface area contributed by atoms with E-state index >= 15 is 0 Å². The number of aliphatic carboxylic acids is 1. The second-order valence-electron chi connectivity index (χ2n) is 7.74. The smallest absolute Gasteiger partial charge is 0.308 e. The highest BCUT2D eigenvalue weighted by molar-refractivity contribution is 6.33. The van der Waals surface area contributed by atoms with Crippen LogP contribution in [-0.2, 0) is 9.59 Å². The minimum absolute atomic E-state index is 0.205. The van der Waals surface area contributed by atoms with Crippen LogP contribution in [0.25, 0.3) is 22.0 Å². The zero-order chi connectivity index (χ0) is 22.0. The number of pyridine rings is 1. The van der Waals surface area contributed by atoms with Crippen molar-refractivity contribution in [3.8, 4) is 16.9 Å². The number of rotatable bonds is 5. The van der Waals surface area contributed by atoms with Crippen molar-refractivity contribution in [2.45, 2.75) is 25.9 Å². The Morgan fingerprint density at radius 3 is 2.77 bits per heavy atom. The van der Waals surface area contributed by atoms with Crippen molar-refractivity contribution < 1.29 is 19.4 Å². The molecular formula is C24H23ClN2O4. The number of benzene rings is 2. The van der Waals surface area contributed by atoms with E-state index in [1.165, 1.54) is 0 Å². The van der Waals surface area contributed by atoms with Crippen molar-refractivity contribution in [3.63, 3.8) is 0 Å². The SMILES string of the molecule is C[C@@H](Oc1ccc2c(-c3ccccc3Cl)ccnc2c1)C(=O)N1CCC[C@@H](C(=O)O)C1. The van der Waals surface area contributed by atoms with E-state index in [4.69, 9.17) is 16.3 Å². The molecule has 2 heterocycles. The summed E-state index contributed by atoms with van der Waals surface area (Å²) in [5.74, 6) is -1.05. The summed E-state index contributed by atoms with van der Waals surface area (Å²) >= 11 is 6.37. The summed E-state index contributed by atoms with van der Waals surface area (Å²) in [4.78, 5) is 30.1. The summed E-state index contributed by atoms with van der Waals surface area (Å²) in [5.41, 5.74) is 2.63. The van der Waals surface area contributed by atoms with Gasteiger partial charge in [0, 0.05) is 41.3 Å². The third-order valence-corrected chi connectivity index (χ3v) is 5.95. The molecule has 0 unspecified atom stereocenters. The number of halogens is 1. The number of amides is 1. The number of nitrogens with zero attached hydrogens (tertiary/aromatic N) is 2. The second-order valence-corrected chi connectivity index (χ2v) is 8.15. The van der Waals surface area contributed by atoms with Crippen LogP contribution in [0.4, 0.5) is 0 Å². The van der Waals surface area contributed by atoms with Crippen molar-refractivity contribution in [3.05, 3.63) is 59.8 Å². The number of carbonyl (C=O) groups excluding carboxylic acids is 1. The average Bonchev–Trinajstić information content (AvgIpc) is 2.78. The molecule has 2 aromatic carbocycles. The fourth-order valence-electron chi connectivity index (χ4n) is 4.01. The molecule has 1 aliphatic rings. The maximum absolute atomic E-state index is 12.8. The van der Waals surface area contributed by atoms with E-state index in [9.17, 15) is 14.7 Å². The first kappa shape index (κ1) is 21.1. The van der Waals surface area contributed by atoms with Crippen LogP contribution in [0.5, 0.6) is 5.75 Å². The summed E-state index contributed by atoms with van der Waals surface area (Å²) in [6, 6.07) is 15.1. The number of aromatic nitrogens is 1. The molecular weight excluding hydrogens is 416 g/mol. The highest BCUT2D eigenvalue weighted by Crippen LogP contribution is 2.34. The van der Waals surface area contributed by atoms with E-state index in [2.05, 4.69) is 4.98 Å². The lowest BCUT2D eigenvalue weighted by molar-refractivity contribution is -0.147. The average molecular weight is 439 g/mol. The third-order valence-electron chi connectivity index (χ3n) is 5.62. The van der Waals surface area contributed by atoms with Crippen LogP contribution in [0, 0.1) is 5.92 Å². The fraction of sp³-hybridized carbons (Fsp3) is 0.292. The number of fused-ring (bicyclic) bond motifs is 1. The number of hydrogen-bond acceptors (Lipinski definition) is 4. The monoisotopic (exact) mass is 438 g/mol. The van der Waals surface area contributed by atoms with Gasteiger partial charge in [-0.3, -0.25) is 14.6 Å². The number of carboxylic acid groups (broad SMARTS) is 1. The first-order chi connectivity index (χ1) is 14.9. The van der Waals surface area contributed by atoms with Crippen LogP contribution in [-0.4, -0.2) is 46.1 Å². The summed E-state index contributed by atoms with van der Waals surface area (Å²) in [6.45, 7) is 2.46. The Labute approximate surface area is 185 Å². The first-order valence-corrected chi connectivity index (χ1v) is 10.6. The lowest BCUT2D eigenvalue weighted by atomic mass is 9.98. The molecule has 1 aliphatic heterocycles. The molecule has 1 saturated heterocycles. The van der Waals surface area contributed by atoms with E-state index in [0.29, 0.717) is 30.2 Å². The zero-order valence-corrected chi connectivity index (χ0v) is 17.9. The molecule has 0 bridgehead atoms. The third kappa shape index (κ3) is 4.49. The molecule has 0 spiro atoms. The molecule has 1 aromatic heterocycles. The standard InChI is InChI=1S/C24H23ClN2O4/c1-15(23(28)27-12-4-5-16(14-27)24(29)30)31-17-8-9-20-18(10-11-26-22(20)13-17)19-6-2-3-7-21(19)25/h2-3,6-11,13,15-16H,4-5,12,14H2,1H3,(H,29,30)/t15-,16-/m1/s1. The zero-order valence-electron chi connectivity index (χ0n) is 17.1. The van der Waals surface area contributed by atoms with E-state index < -0.39 is 18.0 Å². The van der Waals surface area contributed by atoms with E-state index in [-0.39, 0.29) is 12.5 Å². The van der Waals surface area contributed by atoms with Gasteiger partial charge in [-0.15, -0.1) is 0 Å². The van der Waals surface area contributed by atoms with Crippen molar-refractivity contribution in [1.29, 1.82) is 0 Å². The van der Waals surface area contributed by atoms with Crippen LogP contribution in [0.15, 0.2) is 54.7 Å². The summed E-state index contributed by atoms with van der Waals surface area (Å²) in [7, 11) is 0. The Morgan fingerprint density at radius 2 is 2.00 bits per heavy atom. The minimum Gasteiger partial charge on any atom is -0.481 e. The number of ether oxygens (including phenoxy) is 1. The molecule has 1 amide bonds. The molecule has 31 heavy (non-hydrogen) atoms. The predicted molar refractivity (Wildman–Crippen MR) is 119 cm³/mol. The molecule has 0 radical (unpaired) electrons. The van der Waals surface area contributed by atoms with Crippen LogP contribution in [0.2, 0.25) is 5.02 Å². The van der Waals surface area contributed by atoms with Gasteiger partial charge in [-0.1, -0.05) is 29.8 Å². The number of carbonyl (C=O) groups is 2. The fourth-order valence-corrected chi connectivity index (χ4v) is 4.24. The lowest BCUT2D eigenvalue weighted by Gasteiger charge is -2.32. The van der Waals surface area contributed by atoms with Gasteiger partial charge in [-0.2, -0.15) is 0 Å². The minimum atomic E-state index is -0.860. The van der Waals surface area contributed by atoms with Gasteiger partial charge in [0.1, 0.15) is 5.75 Å². The van der Waals surface area contributed by atoms with Gasteiger partial charge in [-0.25, -0.2) is 0 Å². The first-order valence-electron chi connectivity index (χ1n) is 10.3. The lowest BCUT2D eigenvalue weighted by Crippen LogP contribution is -2.47. The van der Waals surface area contributed by atoms with Crippen LogP contribution >= 0.6 is 11.6 Å². The van der Waals surface area contributed by atoms with Gasteiger partial charge in [0.15, 0.2) is 6.10 Å². The van der Waals surface area contributed by atoms with Crippen molar-refractivity contribution in [1.82, 2.24) is 9.88 Å². The van der Waals surface area contributed by atoms with Crippen LogP contribution in [0.1, 0.15) is 19.8 Å². The maximum atomic E-state index is 12.8. The molecule has 160 valence electrons. The van der Waals surface area contributed by atoms with Gasteiger partial charge in [0.05, 0.1) is 11.4 Å². The molecule has 4 rings (SSSR count). The quantitative estimate of drug-likeness (QED) is 0.627. The Kier molecular flexibility index (Phi) is 6.09. The summed E-state index contributed by atoms with van der Waals surface area (Å²) in [6.07, 6.45) is 2.27. The Morgan fingerprint density at radius 1 is 1.19 bits per heavy atom. The van der Waals surface area contributed by atoms with Crippen molar-refractivity contribution in [2.75, 3.05) is 13.1 Å². The maximum Gasteiger partial charge on any atom is 0.308 e. The van der Waals surface area contributed by atoms with Gasteiger partial charge in [-0.05, 0) is 49.6 Å². The largest absolute Gasteiger partial charge is 0.481 e. The van der Waals surface area contributed by atoms with E-state index in [1.807, 2.05) is 42.5 Å². The molecule has 1 fully saturated rings. The van der Waals surface area contributed by atoms with Gasteiger partial charge < -0.3 is 14.7 Å².